The Bertz CT molecular complexity index is 185. The molecule has 0 radical (unpaired) electrons. The van der Waals surface area contributed by atoms with Crippen LogP contribution in [0.2, 0.25) is 0 Å². The molecule has 0 aromatic rings. The maximum Gasteiger partial charge on any atom is 0.0101 e. The maximum absolute atomic E-state index is 3.37. The molecule has 0 rings (SSSR count). The van der Waals surface area contributed by atoms with Crippen LogP contribution in [0.15, 0.2) is 0 Å². The van der Waals surface area contributed by atoms with E-state index < -0.39 is 0 Å². The Balaban J connectivity index is 2.96. The molecule has 0 aliphatic carbocycles. The topological polar surface area (TPSA) is 12.0 Å². The third kappa shape index (κ3) is 11.1. The summed E-state index contributed by atoms with van der Waals surface area (Å²) in [6, 6.07) is 0. The zero-order chi connectivity index (χ0) is 9.78. The van der Waals surface area contributed by atoms with E-state index in [-0.39, 0.29) is 0 Å². The molecule has 13 heavy (non-hydrogen) atoms. The maximum atomic E-state index is 3.37. The van der Waals surface area contributed by atoms with Crippen LogP contribution in [0.25, 0.3) is 0 Å². The lowest BCUT2D eigenvalue weighted by Gasteiger charge is -1.99. The number of unbranched alkanes of at least 4 members (excludes halogenated alkanes) is 2. The highest BCUT2D eigenvalue weighted by Gasteiger charge is 1.85. The quantitative estimate of drug-likeness (QED) is 0.484. The highest BCUT2D eigenvalue weighted by Crippen LogP contribution is 1.86. The van der Waals surface area contributed by atoms with Crippen molar-refractivity contribution in [2.75, 3.05) is 13.1 Å². The zero-order valence-electron chi connectivity index (χ0n) is 8.74. The molecule has 0 spiro atoms. The minimum absolute atomic E-state index is 1.01. The van der Waals surface area contributed by atoms with Gasteiger partial charge in [0.1, 0.15) is 0 Å². The minimum Gasteiger partial charge on any atom is -0.317 e. The van der Waals surface area contributed by atoms with Gasteiger partial charge in [-0.15, -0.1) is 23.7 Å². The van der Waals surface area contributed by atoms with Gasteiger partial charge in [0.25, 0.3) is 0 Å². The van der Waals surface area contributed by atoms with Gasteiger partial charge in [0.2, 0.25) is 0 Å². The van der Waals surface area contributed by atoms with E-state index in [1.807, 2.05) is 13.8 Å². The molecular formula is C12H19N. The SMILES string of the molecule is CC#CCCCNCCCC#CC. The average Bonchev–Trinajstić information content (AvgIpc) is 2.16. The van der Waals surface area contributed by atoms with Gasteiger partial charge in [-0.3, -0.25) is 0 Å². The predicted octanol–water partition coefficient (Wildman–Crippen LogP) is 2.18. The Labute approximate surface area is 82.3 Å². The summed E-state index contributed by atoms with van der Waals surface area (Å²) in [4.78, 5) is 0. The van der Waals surface area contributed by atoms with Crippen molar-refractivity contribution in [3.05, 3.63) is 0 Å². The molecule has 0 amide bonds. The van der Waals surface area contributed by atoms with E-state index in [1.54, 1.807) is 0 Å². The number of hydrogen-bond acceptors (Lipinski definition) is 1. The Kier molecular flexibility index (Phi) is 10.3. The third-order valence-electron chi connectivity index (χ3n) is 1.66. The largest absolute Gasteiger partial charge is 0.317 e. The number of rotatable bonds is 6. The Morgan fingerprint density at radius 2 is 1.31 bits per heavy atom. The summed E-state index contributed by atoms with van der Waals surface area (Å²) in [5, 5.41) is 3.37. The lowest BCUT2D eigenvalue weighted by molar-refractivity contribution is 0.636. The van der Waals surface area contributed by atoms with Crippen molar-refractivity contribution in [2.24, 2.45) is 0 Å². The summed E-state index contributed by atoms with van der Waals surface area (Å²) < 4.78 is 0. The average molecular weight is 177 g/mol. The molecule has 1 N–H and O–H groups in total. The first-order valence-corrected chi connectivity index (χ1v) is 4.91. The monoisotopic (exact) mass is 177 g/mol. The normalized spacial score (nSPS) is 8.15. The lowest BCUT2D eigenvalue weighted by Crippen LogP contribution is -2.16. The molecule has 0 bridgehead atoms. The fraction of sp³-hybridized carbons (Fsp3) is 0.667. The Morgan fingerprint density at radius 3 is 1.69 bits per heavy atom. The Morgan fingerprint density at radius 1 is 0.846 bits per heavy atom. The second-order valence-corrected chi connectivity index (χ2v) is 2.81. The molecule has 0 unspecified atom stereocenters. The van der Waals surface area contributed by atoms with Crippen LogP contribution in [-0.4, -0.2) is 13.1 Å². The molecule has 0 aromatic heterocycles. The van der Waals surface area contributed by atoms with Gasteiger partial charge in [0.05, 0.1) is 0 Å². The van der Waals surface area contributed by atoms with Crippen LogP contribution < -0.4 is 5.32 Å². The van der Waals surface area contributed by atoms with E-state index in [0.29, 0.717) is 0 Å². The molecule has 0 atom stereocenters. The number of nitrogens with one attached hydrogen (secondary N) is 1. The zero-order valence-corrected chi connectivity index (χ0v) is 8.74. The van der Waals surface area contributed by atoms with Gasteiger partial charge in [0, 0.05) is 12.8 Å². The van der Waals surface area contributed by atoms with Crippen LogP contribution in [0.1, 0.15) is 39.5 Å². The fourth-order valence-corrected chi connectivity index (χ4v) is 0.979. The van der Waals surface area contributed by atoms with Crippen molar-refractivity contribution >= 4 is 0 Å². The summed E-state index contributed by atoms with van der Waals surface area (Å²) in [7, 11) is 0. The summed E-state index contributed by atoms with van der Waals surface area (Å²) >= 11 is 0. The highest BCUT2D eigenvalue weighted by atomic mass is 14.8. The van der Waals surface area contributed by atoms with Gasteiger partial charge in [-0.05, 0) is 39.8 Å². The minimum atomic E-state index is 1.01. The van der Waals surface area contributed by atoms with Gasteiger partial charge in [-0.2, -0.15) is 0 Å². The fourth-order valence-electron chi connectivity index (χ4n) is 0.979. The van der Waals surface area contributed by atoms with E-state index in [0.717, 1.165) is 38.8 Å². The van der Waals surface area contributed by atoms with Gasteiger partial charge < -0.3 is 5.32 Å². The smallest absolute Gasteiger partial charge is 0.0101 e. The van der Waals surface area contributed by atoms with Gasteiger partial charge in [-0.1, -0.05) is 0 Å². The first-order valence-electron chi connectivity index (χ1n) is 4.91. The van der Waals surface area contributed by atoms with Crippen molar-refractivity contribution in [1.82, 2.24) is 5.32 Å². The molecule has 1 heteroatoms. The summed E-state index contributed by atoms with van der Waals surface area (Å²) in [6.07, 6.45) is 4.33. The molecule has 0 heterocycles. The first kappa shape index (κ1) is 12.1. The van der Waals surface area contributed by atoms with Crippen molar-refractivity contribution in [3.63, 3.8) is 0 Å². The molecular weight excluding hydrogens is 158 g/mol. The van der Waals surface area contributed by atoms with Gasteiger partial charge in [-0.25, -0.2) is 0 Å². The predicted molar refractivity (Wildman–Crippen MR) is 58.2 cm³/mol. The summed E-state index contributed by atoms with van der Waals surface area (Å²) in [5.41, 5.74) is 0. The van der Waals surface area contributed by atoms with Crippen molar-refractivity contribution in [1.29, 1.82) is 0 Å². The molecule has 0 aliphatic heterocycles. The van der Waals surface area contributed by atoms with Crippen molar-refractivity contribution in [2.45, 2.75) is 39.5 Å². The van der Waals surface area contributed by atoms with Gasteiger partial charge >= 0.3 is 0 Å². The Hall–Kier alpha value is -0.920. The van der Waals surface area contributed by atoms with Crippen LogP contribution in [-0.2, 0) is 0 Å². The number of hydrogen-bond donors (Lipinski definition) is 1. The van der Waals surface area contributed by atoms with E-state index >= 15 is 0 Å². The summed E-state index contributed by atoms with van der Waals surface area (Å²) in [5.74, 6) is 11.9. The van der Waals surface area contributed by atoms with Crippen LogP contribution in [0.3, 0.4) is 0 Å². The third-order valence-corrected chi connectivity index (χ3v) is 1.66. The second kappa shape index (κ2) is 11.1. The highest BCUT2D eigenvalue weighted by molar-refractivity contribution is 4.95. The summed E-state index contributed by atoms with van der Waals surface area (Å²) in [6.45, 7) is 5.93. The molecule has 72 valence electrons. The van der Waals surface area contributed by atoms with E-state index in [2.05, 4.69) is 29.0 Å². The van der Waals surface area contributed by atoms with Gasteiger partial charge in [0.15, 0.2) is 0 Å². The first-order chi connectivity index (χ1) is 6.41. The standard InChI is InChI=1S/C12H19N/c1-3-5-7-9-11-13-12-10-8-6-4-2/h13H,7-12H2,1-2H3. The molecule has 0 aliphatic rings. The molecule has 0 fully saturated rings. The molecule has 1 nitrogen and oxygen atoms in total. The molecule has 0 saturated heterocycles. The van der Waals surface area contributed by atoms with Crippen LogP contribution in [0.4, 0.5) is 0 Å². The van der Waals surface area contributed by atoms with Crippen LogP contribution in [0, 0.1) is 23.7 Å². The van der Waals surface area contributed by atoms with E-state index in [9.17, 15) is 0 Å². The van der Waals surface area contributed by atoms with Crippen LogP contribution in [0.5, 0.6) is 0 Å². The lowest BCUT2D eigenvalue weighted by atomic mass is 10.3. The van der Waals surface area contributed by atoms with Crippen LogP contribution >= 0.6 is 0 Å². The molecule has 0 saturated carbocycles. The van der Waals surface area contributed by atoms with Crippen molar-refractivity contribution < 1.29 is 0 Å². The second-order valence-electron chi connectivity index (χ2n) is 2.81. The van der Waals surface area contributed by atoms with Crippen molar-refractivity contribution in [3.8, 4) is 23.7 Å². The molecule has 0 aromatic carbocycles. The van der Waals surface area contributed by atoms with E-state index in [1.165, 1.54) is 0 Å². The van der Waals surface area contributed by atoms with E-state index in [4.69, 9.17) is 0 Å².